The van der Waals surface area contributed by atoms with Crippen molar-refractivity contribution in [3.05, 3.63) is 53.1 Å². The molecule has 5 heterocycles. The van der Waals surface area contributed by atoms with Gasteiger partial charge in [-0.1, -0.05) is 11.2 Å². The second-order valence-electron chi connectivity index (χ2n) is 6.55. The Bertz CT molecular complexity index is 1130. The zero-order chi connectivity index (χ0) is 17.7. The van der Waals surface area contributed by atoms with Crippen LogP contribution in [-0.2, 0) is 13.0 Å². The predicted molar refractivity (Wildman–Crippen MR) is 104 cm³/mol. The molecule has 0 spiro atoms. The summed E-state index contributed by atoms with van der Waals surface area (Å²) in [5.74, 6) is 1.07. The molecule has 1 N–H and O–H groups in total. The van der Waals surface area contributed by atoms with Crippen molar-refractivity contribution in [3.8, 4) is 23.0 Å². The van der Waals surface area contributed by atoms with Crippen LogP contribution in [-0.4, -0.2) is 31.1 Å². The molecule has 0 amide bonds. The first-order valence-corrected chi connectivity index (χ1v) is 8.68. The minimum absolute atomic E-state index is 0. The molecule has 0 bridgehead atoms. The summed E-state index contributed by atoms with van der Waals surface area (Å²) in [5, 5.41) is 7.65. The number of imidazole rings is 1. The number of rotatable bonds is 2. The molecule has 0 aromatic carbocycles. The number of nitrogens with one attached hydrogen (secondary N) is 1. The molecule has 0 unspecified atom stereocenters. The Balaban J connectivity index is 0.00000180. The second-order valence-corrected chi connectivity index (χ2v) is 6.55. The quantitative estimate of drug-likeness (QED) is 0.573. The van der Waals surface area contributed by atoms with Gasteiger partial charge in [-0.15, -0.1) is 12.4 Å². The summed E-state index contributed by atoms with van der Waals surface area (Å²) in [7, 11) is 0. The number of pyridine rings is 2. The highest BCUT2D eigenvalue weighted by atomic mass is 35.5. The lowest BCUT2D eigenvalue weighted by Gasteiger charge is -2.19. The van der Waals surface area contributed by atoms with E-state index < -0.39 is 0 Å². The van der Waals surface area contributed by atoms with Gasteiger partial charge in [0.2, 0.25) is 5.82 Å². The van der Waals surface area contributed by atoms with Gasteiger partial charge in [0.1, 0.15) is 11.3 Å². The number of halogens is 1. The highest BCUT2D eigenvalue weighted by Crippen LogP contribution is 2.31. The van der Waals surface area contributed by atoms with Crippen LogP contribution in [0.5, 0.6) is 0 Å². The van der Waals surface area contributed by atoms with Crippen molar-refractivity contribution in [1.29, 1.82) is 0 Å². The third-order valence-electron chi connectivity index (χ3n) is 4.89. The minimum atomic E-state index is 0. The Morgan fingerprint density at radius 2 is 2.04 bits per heavy atom. The first kappa shape index (κ1) is 17.6. The van der Waals surface area contributed by atoms with Crippen LogP contribution in [0.2, 0.25) is 0 Å². The number of nitrogens with zero attached hydrogens (tertiary/aromatic N) is 5. The molecule has 0 saturated carbocycles. The van der Waals surface area contributed by atoms with E-state index in [1.165, 1.54) is 11.1 Å². The smallest absolute Gasteiger partial charge is 0.277 e. The molecule has 4 aromatic heterocycles. The highest BCUT2D eigenvalue weighted by molar-refractivity contribution is 5.85. The van der Waals surface area contributed by atoms with Crippen LogP contribution >= 0.6 is 12.4 Å². The van der Waals surface area contributed by atoms with Crippen molar-refractivity contribution in [2.75, 3.05) is 6.54 Å². The molecular weight excluding hydrogens is 364 g/mol. The van der Waals surface area contributed by atoms with Crippen molar-refractivity contribution in [3.63, 3.8) is 0 Å². The molecule has 1 aliphatic heterocycles. The number of hydrogen-bond donors (Lipinski definition) is 1. The van der Waals surface area contributed by atoms with Gasteiger partial charge in [-0.25, -0.2) is 4.98 Å². The molecule has 0 atom stereocenters. The summed E-state index contributed by atoms with van der Waals surface area (Å²) in [5.41, 5.74) is 6.93. The monoisotopic (exact) mass is 382 g/mol. The number of aromatic nitrogens is 5. The van der Waals surface area contributed by atoms with Crippen LogP contribution < -0.4 is 5.32 Å². The van der Waals surface area contributed by atoms with Gasteiger partial charge in [0, 0.05) is 30.2 Å². The standard InChI is InChI=1S/C19H18N6O.ClH/c1-11-16(14-6-7-20-9-13(14)10-21-11)18-23-19(26-24-18)17-12(2)22-15-5-3-4-8-25(15)17;/h3-5,8,10,20H,6-7,9H2,1-2H3;1H. The summed E-state index contributed by atoms with van der Waals surface area (Å²) in [6, 6.07) is 5.89. The SMILES string of the molecule is Cc1ncc2c(c1-c1noc(-c3c(C)nc4ccccn34)n1)CCNC2.Cl. The van der Waals surface area contributed by atoms with Gasteiger partial charge in [-0.2, -0.15) is 4.98 Å². The van der Waals surface area contributed by atoms with Gasteiger partial charge in [0.15, 0.2) is 0 Å². The van der Waals surface area contributed by atoms with Crippen LogP contribution in [0.1, 0.15) is 22.5 Å². The second kappa shape index (κ2) is 6.75. The topological polar surface area (TPSA) is 81.1 Å². The molecular formula is C19H19ClN6O. The maximum atomic E-state index is 5.63. The Morgan fingerprint density at radius 1 is 1.15 bits per heavy atom. The average Bonchev–Trinajstić information content (AvgIpc) is 3.24. The Morgan fingerprint density at radius 3 is 2.93 bits per heavy atom. The maximum Gasteiger partial charge on any atom is 0.277 e. The van der Waals surface area contributed by atoms with E-state index in [1.54, 1.807) is 0 Å². The zero-order valence-corrected chi connectivity index (χ0v) is 15.9. The van der Waals surface area contributed by atoms with E-state index in [9.17, 15) is 0 Å². The van der Waals surface area contributed by atoms with E-state index in [-0.39, 0.29) is 12.4 Å². The fourth-order valence-electron chi connectivity index (χ4n) is 3.66. The third kappa shape index (κ3) is 2.79. The summed E-state index contributed by atoms with van der Waals surface area (Å²) in [6.45, 7) is 5.72. The van der Waals surface area contributed by atoms with E-state index in [4.69, 9.17) is 9.51 Å². The molecule has 4 aromatic rings. The molecule has 7 nitrogen and oxygen atoms in total. The Kier molecular flexibility index (Phi) is 4.41. The van der Waals surface area contributed by atoms with Crippen molar-refractivity contribution in [2.24, 2.45) is 0 Å². The average molecular weight is 383 g/mol. The molecule has 0 fully saturated rings. The summed E-state index contributed by atoms with van der Waals surface area (Å²) < 4.78 is 7.61. The molecule has 1 aliphatic rings. The highest BCUT2D eigenvalue weighted by Gasteiger charge is 2.23. The molecule has 8 heteroatoms. The molecule has 5 rings (SSSR count). The minimum Gasteiger partial charge on any atom is -0.332 e. The largest absolute Gasteiger partial charge is 0.332 e. The number of fused-ring (bicyclic) bond motifs is 2. The van der Waals surface area contributed by atoms with Crippen molar-refractivity contribution < 1.29 is 4.52 Å². The van der Waals surface area contributed by atoms with E-state index in [0.717, 1.165) is 47.8 Å². The van der Waals surface area contributed by atoms with Crippen LogP contribution in [0.15, 0.2) is 35.1 Å². The summed E-state index contributed by atoms with van der Waals surface area (Å²) in [4.78, 5) is 13.8. The van der Waals surface area contributed by atoms with Gasteiger partial charge in [0.05, 0.1) is 5.69 Å². The molecule has 0 aliphatic carbocycles. The number of hydrogen-bond acceptors (Lipinski definition) is 6. The fourth-order valence-corrected chi connectivity index (χ4v) is 3.66. The van der Waals surface area contributed by atoms with Gasteiger partial charge in [-0.3, -0.25) is 9.38 Å². The third-order valence-corrected chi connectivity index (χ3v) is 4.89. The zero-order valence-electron chi connectivity index (χ0n) is 15.1. The van der Waals surface area contributed by atoms with Gasteiger partial charge < -0.3 is 9.84 Å². The normalized spacial score (nSPS) is 13.4. The van der Waals surface area contributed by atoms with Crippen molar-refractivity contribution >= 4 is 18.1 Å². The van der Waals surface area contributed by atoms with Crippen molar-refractivity contribution in [1.82, 2.24) is 29.8 Å². The fraction of sp³-hybridized carbons (Fsp3) is 0.263. The van der Waals surface area contributed by atoms with Crippen LogP contribution in [0.4, 0.5) is 0 Å². The van der Waals surface area contributed by atoms with Crippen LogP contribution in [0.3, 0.4) is 0 Å². The van der Waals surface area contributed by atoms with E-state index in [2.05, 4.69) is 20.4 Å². The first-order valence-electron chi connectivity index (χ1n) is 8.68. The van der Waals surface area contributed by atoms with Crippen molar-refractivity contribution in [2.45, 2.75) is 26.8 Å². The van der Waals surface area contributed by atoms with Gasteiger partial charge in [-0.05, 0) is 50.1 Å². The van der Waals surface area contributed by atoms with E-state index >= 15 is 0 Å². The maximum absolute atomic E-state index is 5.63. The lowest BCUT2D eigenvalue weighted by atomic mass is 9.95. The Hall–Kier alpha value is -2.77. The van der Waals surface area contributed by atoms with Crippen LogP contribution in [0.25, 0.3) is 28.6 Å². The summed E-state index contributed by atoms with van der Waals surface area (Å²) >= 11 is 0. The van der Waals surface area contributed by atoms with Gasteiger partial charge >= 0.3 is 0 Å². The number of aryl methyl sites for hydroxylation is 2. The lowest BCUT2D eigenvalue weighted by molar-refractivity contribution is 0.430. The molecule has 27 heavy (non-hydrogen) atoms. The first-order chi connectivity index (χ1) is 12.7. The predicted octanol–water partition coefficient (Wildman–Crippen LogP) is 3.13. The molecule has 0 saturated heterocycles. The van der Waals surface area contributed by atoms with Gasteiger partial charge in [0.25, 0.3) is 5.89 Å². The van der Waals surface area contributed by atoms with E-state index in [0.29, 0.717) is 11.7 Å². The van der Waals surface area contributed by atoms with E-state index in [1.807, 2.05) is 48.8 Å². The molecule has 0 radical (unpaired) electrons. The molecule has 138 valence electrons. The Labute approximate surface area is 162 Å². The lowest BCUT2D eigenvalue weighted by Crippen LogP contribution is -2.24. The van der Waals surface area contributed by atoms with Crippen LogP contribution in [0, 0.1) is 13.8 Å². The summed E-state index contributed by atoms with van der Waals surface area (Å²) in [6.07, 6.45) is 4.83.